The molecular weight excluding hydrogens is 232 g/mol. The normalized spacial score (nSPS) is 18.2. The standard InChI is InChI=1S/C12H20N4S/c1-16-5-2-10(3-6-16)11-8-14-12(15-9-11)13-4-7-17/h8-10,17H,2-7H2,1H3,(H,13,14,15). The average molecular weight is 252 g/mol. The summed E-state index contributed by atoms with van der Waals surface area (Å²) in [5, 5.41) is 3.12. The summed E-state index contributed by atoms with van der Waals surface area (Å²) in [5.41, 5.74) is 1.27. The van der Waals surface area contributed by atoms with E-state index in [0.29, 0.717) is 11.9 Å². The number of anilines is 1. The molecule has 1 aromatic rings. The van der Waals surface area contributed by atoms with Gasteiger partial charge in [0.2, 0.25) is 5.95 Å². The molecular formula is C12H20N4S. The van der Waals surface area contributed by atoms with E-state index in [4.69, 9.17) is 0 Å². The van der Waals surface area contributed by atoms with Crippen molar-refractivity contribution in [1.29, 1.82) is 0 Å². The molecule has 94 valence electrons. The first kappa shape index (κ1) is 12.6. The zero-order valence-corrected chi connectivity index (χ0v) is 11.2. The van der Waals surface area contributed by atoms with Crippen LogP contribution < -0.4 is 5.32 Å². The quantitative estimate of drug-likeness (QED) is 0.799. The molecule has 2 heterocycles. The number of thiol groups is 1. The fourth-order valence-corrected chi connectivity index (χ4v) is 2.26. The summed E-state index contributed by atoms with van der Waals surface area (Å²) < 4.78 is 0. The van der Waals surface area contributed by atoms with Crippen molar-refractivity contribution in [3.8, 4) is 0 Å². The minimum atomic E-state index is 0.630. The van der Waals surface area contributed by atoms with Crippen LogP contribution in [0, 0.1) is 0 Å². The zero-order chi connectivity index (χ0) is 12.1. The topological polar surface area (TPSA) is 41.1 Å². The average Bonchev–Trinajstić information content (AvgIpc) is 2.38. The number of nitrogens with one attached hydrogen (secondary N) is 1. The highest BCUT2D eigenvalue weighted by Gasteiger charge is 2.18. The molecule has 1 fully saturated rings. The van der Waals surface area contributed by atoms with E-state index in [-0.39, 0.29) is 0 Å². The number of hydrogen-bond donors (Lipinski definition) is 2. The van der Waals surface area contributed by atoms with Gasteiger partial charge in [-0.25, -0.2) is 9.97 Å². The van der Waals surface area contributed by atoms with Crippen LogP contribution in [0.3, 0.4) is 0 Å². The van der Waals surface area contributed by atoms with Gasteiger partial charge in [-0.2, -0.15) is 12.6 Å². The molecule has 0 radical (unpaired) electrons. The summed E-state index contributed by atoms with van der Waals surface area (Å²) in [4.78, 5) is 11.1. The lowest BCUT2D eigenvalue weighted by Gasteiger charge is -2.28. The van der Waals surface area contributed by atoms with Crippen molar-refractivity contribution in [3.63, 3.8) is 0 Å². The van der Waals surface area contributed by atoms with Crippen LogP contribution in [-0.2, 0) is 0 Å². The lowest BCUT2D eigenvalue weighted by atomic mass is 9.92. The Morgan fingerprint density at radius 3 is 2.59 bits per heavy atom. The number of rotatable bonds is 4. The number of likely N-dealkylation sites (tertiary alicyclic amines) is 1. The van der Waals surface area contributed by atoms with Gasteiger partial charge in [-0.05, 0) is 44.5 Å². The molecule has 1 N–H and O–H groups in total. The third kappa shape index (κ3) is 3.57. The fourth-order valence-electron chi connectivity index (χ4n) is 2.15. The highest BCUT2D eigenvalue weighted by Crippen LogP contribution is 2.26. The van der Waals surface area contributed by atoms with Gasteiger partial charge in [-0.3, -0.25) is 0 Å². The van der Waals surface area contributed by atoms with Crippen molar-refractivity contribution >= 4 is 18.6 Å². The van der Waals surface area contributed by atoms with Gasteiger partial charge in [0.05, 0.1) is 0 Å². The highest BCUT2D eigenvalue weighted by molar-refractivity contribution is 7.80. The van der Waals surface area contributed by atoms with Crippen LogP contribution in [0.1, 0.15) is 24.3 Å². The van der Waals surface area contributed by atoms with E-state index in [9.17, 15) is 0 Å². The van der Waals surface area contributed by atoms with E-state index >= 15 is 0 Å². The zero-order valence-electron chi connectivity index (χ0n) is 10.3. The molecule has 4 nitrogen and oxygen atoms in total. The molecule has 1 aromatic heterocycles. The smallest absolute Gasteiger partial charge is 0.222 e. The number of hydrogen-bond acceptors (Lipinski definition) is 5. The second kappa shape index (κ2) is 6.21. The van der Waals surface area contributed by atoms with E-state index < -0.39 is 0 Å². The van der Waals surface area contributed by atoms with Crippen molar-refractivity contribution < 1.29 is 0 Å². The van der Waals surface area contributed by atoms with Crippen molar-refractivity contribution in [2.45, 2.75) is 18.8 Å². The first-order chi connectivity index (χ1) is 8.29. The minimum absolute atomic E-state index is 0.630. The maximum atomic E-state index is 4.34. The number of piperidine rings is 1. The van der Waals surface area contributed by atoms with E-state index in [1.807, 2.05) is 12.4 Å². The fraction of sp³-hybridized carbons (Fsp3) is 0.667. The molecule has 0 saturated carbocycles. The van der Waals surface area contributed by atoms with Crippen LogP contribution in [0.25, 0.3) is 0 Å². The molecule has 0 unspecified atom stereocenters. The van der Waals surface area contributed by atoms with Gasteiger partial charge >= 0.3 is 0 Å². The maximum absolute atomic E-state index is 4.34. The Hall–Kier alpha value is -0.810. The molecule has 0 amide bonds. The molecule has 0 atom stereocenters. The van der Waals surface area contributed by atoms with Gasteiger partial charge in [0.25, 0.3) is 0 Å². The molecule has 0 spiro atoms. The summed E-state index contributed by atoms with van der Waals surface area (Å²) in [5.74, 6) is 2.13. The molecule has 1 aliphatic rings. The predicted octanol–water partition coefficient (Wildman–Crippen LogP) is 1.63. The number of aromatic nitrogens is 2. The highest BCUT2D eigenvalue weighted by atomic mass is 32.1. The predicted molar refractivity (Wildman–Crippen MR) is 73.8 cm³/mol. The number of nitrogens with zero attached hydrogens (tertiary/aromatic N) is 3. The maximum Gasteiger partial charge on any atom is 0.222 e. The molecule has 0 aliphatic carbocycles. The van der Waals surface area contributed by atoms with Gasteiger partial charge in [0, 0.05) is 24.7 Å². The summed E-state index contributed by atoms with van der Waals surface area (Å²) in [6.45, 7) is 3.14. The molecule has 1 aliphatic heterocycles. The molecule has 0 bridgehead atoms. The van der Waals surface area contributed by atoms with E-state index in [1.165, 1.54) is 31.5 Å². The Morgan fingerprint density at radius 2 is 2.00 bits per heavy atom. The third-order valence-electron chi connectivity index (χ3n) is 3.26. The molecule has 0 aromatic carbocycles. The monoisotopic (exact) mass is 252 g/mol. The van der Waals surface area contributed by atoms with Crippen molar-refractivity contribution in [2.24, 2.45) is 0 Å². The van der Waals surface area contributed by atoms with Crippen LogP contribution in [-0.4, -0.2) is 47.3 Å². The van der Waals surface area contributed by atoms with Crippen molar-refractivity contribution in [1.82, 2.24) is 14.9 Å². The SMILES string of the molecule is CN1CCC(c2cnc(NCCS)nc2)CC1. The van der Waals surface area contributed by atoms with Crippen LogP contribution in [0.15, 0.2) is 12.4 Å². The largest absolute Gasteiger partial charge is 0.353 e. The van der Waals surface area contributed by atoms with Gasteiger partial charge < -0.3 is 10.2 Å². The molecule has 1 saturated heterocycles. The summed E-state index contributed by atoms with van der Waals surface area (Å²) in [7, 11) is 2.18. The molecule has 2 rings (SSSR count). The van der Waals surface area contributed by atoms with Crippen LogP contribution in [0.2, 0.25) is 0 Å². The Labute approximate surface area is 108 Å². The Bertz CT molecular complexity index is 333. The third-order valence-corrected chi connectivity index (χ3v) is 3.48. The van der Waals surface area contributed by atoms with Crippen LogP contribution in [0.4, 0.5) is 5.95 Å². The van der Waals surface area contributed by atoms with Gasteiger partial charge in [-0.1, -0.05) is 0 Å². The Morgan fingerprint density at radius 1 is 1.35 bits per heavy atom. The second-order valence-corrected chi connectivity index (χ2v) is 5.02. The second-order valence-electron chi connectivity index (χ2n) is 4.57. The first-order valence-corrected chi connectivity index (χ1v) is 6.78. The summed E-state index contributed by atoms with van der Waals surface area (Å²) >= 11 is 4.14. The van der Waals surface area contributed by atoms with E-state index in [0.717, 1.165) is 12.3 Å². The Balaban J connectivity index is 1.93. The summed E-state index contributed by atoms with van der Waals surface area (Å²) in [6, 6.07) is 0. The Kier molecular flexibility index (Phi) is 4.62. The first-order valence-electron chi connectivity index (χ1n) is 6.15. The molecule has 17 heavy (non-hydrogen) atoms. The summed E-state index contributed by atoms with van der Waals surface area (Å²) in [6.07, 6.45) is 6.35. The van der Waals surface area contributed by atoms with Gasteiger partial charge in [0.1, 0.15) is 0 Å². The lowest BCUT2D eigenvalue weighted by Crippen LogP contribution is -2.29. The lowest BCUT2D eigenvalue weighted by molar-refractivity contribution is 0.255. The van der Waals surface area contributed by atoms with Gasteiger partial charge in [0.15, 0.2) is 0 Å². The van der Waals surface area contributed by atoms with Gasteiger partial charge in [-0.15, -0.1) is 0 Å². The van der Waals surface area contributed by atoms with Crippen molar-refractivity contribution in [2.75, 3.05) is 37.8 Å². The van der Waals surface area contributed by atoms with Crippen LogP contribution in [0.5, 0.6) is 0 Å². The minimum Gasteiger partial charge on any atom is -0.353 e. The van der Waals surface area contributed by atoms with Crippen LogP contribution >= 0.6 is 12.6 Å². The molecule has 5 heteroatoms. The van der Waals surface area contributed by atoms with Crippen molar-refractivity contribution in [3.05, 3.63) is 18.0 Å². The van der Waals surface area contributed by atoms with E-state index in [2.05, 4.69) is 39.9 Å². The van der Waals surface area contributed by atoms with E-state index in [1.54, 1.807) is 0 Å².